The van der Waals surface area contributed by atoms with Gasteiger partial charge < -0.3 is 15.1 Å². The fourth-order valence-electron chi connectivity index (χ4n) is 1.32. The van der Waals surface area contributed by atoms with Crippen LogP contribution < -0.4 is 0 Å². The van der Waals surface area contributed by atoms with Crippen LogP contribution in [0, 0.1) is 0 Å². The summed E-state index contributed by atoms with van der Waals surface area (Å²) in [5.41, 5.74) is 0.986. The van der Waals surface area contributed by atoms with Crippen molar-refractivity contribution >= 4 is 6.08 Å². The van der Waals surface area contributed by atoms with E-state index in [1.54, 1.807) is 6.08 Å². The zero-order valence-corrected chi connectivity index (χ0v) is 8.09. The third-order valence-electron chi connectivity index (χ3n) is 2.11. The Balaban J connectivity index is 2.05. The third-order valence-corrected chi connectivity index (χ3v) is 2.11. The first kappa shape index (κ1) is 10.2. The van der Waals surface area contributed by atoms with Crippen LogP contribution in [0.25, 0.3) is 6.08 Å². The number of hydrogen-bond donors (Lipinski definition) is 2. The minimum Gasteiger partial charge on any atom is -0.341 e. The fourth-order valence-corrected chi connectivity index (χ4v) is 1.32. The van der Waals surface area contributed by atoms with Crippen molar-refractivity contribution in [2.75, 3.05) is 0 Å². The van der Waals surface area contributed by atoms with Crippen molar-refractivity contribution in [2.45, 2.75) is 18.8 Å². The van der Waals surface area contributed by atoms with E-state index in [2.05, 4.69) is 4.89 Å². The molecule has 0 saturated carbocycles. The number of rotatable bonds is 1. The standard InChI is InChI=1S/C11H12O4/c12-11(13)7-6-10(14-15-11)8-9-4-2-1-3-5-9/h1-5,8,12-13H,6-7H2. The van der Waals surface area contributed by atoms with Crippen molar-refractivity contribution in [3.8, 4) is 0 Å². The Hall–Kier alpha value is -1.36. The molecule has 1 fully saturated rings. The van der Waals surface area contributed by atoms with Crippen LogP contribution in [0.5, 0.6) is 0 Å². The Kier molecular flexibility index (Phi) is 2.73. The highest BCUT2D eigenvalue weighted by Crippen LogP contribution is 2.25. The van der Waals surface area contributed by atoms with E-state index in [0.717, 1.165) is 5.56 Å². The molecule has 0 aliphatic carbocycles. The van der Waals surface area contributed by atoms with Gasteiger partial charge in [0.2, 0.25) is 0 Å². The molecular formula is C11H12O4. The zero-order chi connectivity index (χ0) is 10.7. The number of hydrogen-bond acceptors (Lipinski definition) is 4. The lowest BCUT2D eigenvalue weighted by molar-refractivity contribution is -0.489. The molecule has 0 radical (unpaired) electrons. The Morgan fingerprint density at radius 1 is 1.20 bits per heavy atom. The van der Waals surface area contributed by atoms with Gasteiger partial charge in [0.15, 0.2) is 0 Å². The molecule has 0 amide bonds. The maximum Gasteiger partial charge on any atom is 0.318 e. The topological polar surface area (TPSA) is 58.9 Å². The monoisotopic (exact) mass is 208 g/mol. The van der Waals surface area contributed by atoms with Gasteiger partial charge in [0.25, 0.3) is 0 Å². The summed E-state index contributed by atoms with van der Waals surface area (Å²) in [5.74, 6) is -1.58. The molecule has 4 nitrogen and oxygen atoms in total. The van der Waals surface area contributed by atoms with E-state index < -0.39 is 5.97 Å². The quantitative estimate of drug-likeness (QED) is 0.541. The van der Waals surface area contributed by atoms with Gasteiger partial charge >= 0.3 is 5.97 Å². The summed E-state index contributed by atoms with van der Waals surface area (Å²) >= 11 is 0. The molecule has 1 saturated heterocycles. The lowest BCUT2D eigenvalue weighted by atomic mass is 10.1. The molecule has 4 heteroatoms. The molecule has 0 spiro atoms. The van der Waals surface area contributed by atoms with Crippen molar-refractivity contribution < 1.29 is 20.0 Å². The second-order valence-electron chi connectivity index (χ2n) is 3.43. The summed E-state index contributed by atoms with van der Waals surface area (Å²) in [5, 5.41) is 18.1. The molecule has 1 heterocycles. The molecule has 15 heavy (non-hydrogen) atoms. The molecule has 80 valence electrons. The molecule has 0 atom stereocenters. The highest BCUT2D eigenvalue weighted by atomic mass is 17.3. The van der Waals surface area contributed by atoms with E-state index in [-0.39, 0.29) is 6.42 Å². The lowest BCUT2D eigenvalue weighted by Crippen LogP contribution is -2.35. The van der Waals surface area contributed by atoms with Gasteiger partial charge in [-0.15, -0.1) is 4.89 Å². The van der Waals surface area contributed by atoms with E-state index in [0.29, 0.717) is 12.2 Å². The summed E-state index contributed by atoms with van der Waals surface area (Å²) < 4.78 is 0. The fraction of sp³-hybridized carbons (Fsp3) is 0.273. The first-order valence-corrected chi connectivity index (χ1v) is 4.72. The largest absolute Gasteiger partial charge is 0.341 e. The first-order valence-electron chi connectivity index (χ1n) is 4.72. The molecule has 0 aromatic heterocycles. The number of allylic oxidation sites excluding steroid dienone is 1. The van der Waals surface area contributed by atoms with Crippen LogP contribution >= 0.6 is 0 Å². The smallest absolute Gasteiger partial charge is 0.318 e. The van der Waals surface area contributed by atoms with Crippen LogP contribution in [0.1, 0.15) is 18.4 Å². The molecule has 2 N–H and O–H groups in total. The number of aliphatic hydroxyl groups is 2. The van der Waals surface area contributed by atoms with Crippen LogP contribution in [0.3, 0.4) is 0 Å². The average molecular weight is 208 g/mol. The predicted octanol–water partition coefficient (Wildman–Crippen LogP) is 1.41. The summed E-state index contributed by atoms with van der Waals surface area (Å²) in [6.45, 7) is 0. The van der Waals surface area contributed by atoms with E-state index >= 15 is 0 Å². The molecule has 0 unspecified atom stereocenters. The van der Waals surface area contributed by atoms with Crippen LogP contribution in [0.15, 0.2) is 36.1 Å². The van der Waals surface area contributed by atoms with Crippen molar-refractivity contribution in [2.24, 2.45) is 0 Å². The van der Waals surface area contributed by atoms with Gasteiger partial charge in [-0.05, 0) is 11.6 Å². The SMILES string of the molecule is OC1(O)CCC(=Cc2ccccc2)OO1. The summed E-state index contributed by atoms with van der Waals surface area (Å²) in [6, 6.07) is 9.61. The number of benzene rings is 1. The van der Waals surface area contributed by atoms with Crippen LogP contribution in [-0.4, -0.2) is 16.2 Å². The highest BCUT2D eigenvalue weighted by Gasteiger charge is 2.31. The normalized spacial score (nSPS) is 22.4. The van der Waals surface area contributed by atoms with Gasteiger partial charge in [-0.3, -0.25) is 0 Å². The van der Waals surface area contributed by atoms with Crippen molar-refractivity contribution in [3.63, 3.8) is 0 Å². The third kappa shape index (κ3) is 2.79. The van der Waals surface area contributed by atoms with Crippen LogP contribution in [-0.2, 0) is 9.78 Å². The minimum absolute atomic E-state index is 0.103. The molecule has 2 rings (SSSR count). The molecule has 1 aromatic carbocycles. The second kappa shape index (κ2) is 4.02. The van der Waals surface area contributed by atoms with Crippen molar-refractivity contribution in [1.82, 2.24) is 0 Å². The Labute approximate surface area is 87.3 Å². The molecular weight excluding hydrogens is 196 g/mol. The van der Waals surface area contributed by atoms with Crippen LogP contribution in [0.4, 0.5) is 0 Å². The lowest BCUT2D eigenvalue weighted by Gasteiger charge is -2.25. The van der Waals surface area contributed by atoms with Gasteiger partial charge in [-0.2, -0.15) is 0 Å². The highest BCUT2D eigenvalue weighted by molar-refractivity contribution is 5.50. The van der Waals surface area contributed by atoms with Crippen molar-refractivity contribution in [3.05, 3.63) is 41.7 Å². The van der Waals surface area contributed by atoms with Crippen molar-refractivity contribution in [1.29, 1.82) is 0 Å². The van der Waals surface area contributed by atoms with Gasteiger partial charge in [0, 0.05) is 12.8 Å². The van der Waals surface area contributed by atoms with E-state index in [9.17, 15) is 0 Å². The van der Waals surface area contributed by atoms with E-state index in [4.69, 9.17) is 15.1 Å². The second-order valence-corrected chi connectivity index (χ2v) is 3.43. The van der Waals surface area contributed by atoms with Gasteiger partial charge in [0.1, 0.15) is 5.76 Å². The van der Waals surface area contributed by atoms with Gasteiger partial charge in [-0.1, -0.05) is 30.3 Å². The van der Waals surface area contributed by atoms with Gasteiger partial charge in [0.05, 0.1) is 0 Å². The van der Waals surface area contributed by atoms with E-state index in [1.807, 2.05) is 30.3 Å². The first-order chi connectivity index (χ1) is 7.16. The minimum atomic E-state index is -2.16. The maximum atomic E-state index is 9.04. The Bertz CT molecular complexity index is 344. The summed E-state index contributed by atoms with van der Waals surface area (Å²) in [7, 11) is 0. The summed E-state index contributed by atoms with van der Waals surface area (Å²) in [4.78, 5) is 9.15. The Morgan fingerprint density at radius 2 is 1.93 bits per heavy atom. The average Bonchev–Trinajstić information content (AvgIpc) is 2.23. The zero-order valence-electron chi connectivity index (χ0n) is 8.09. The predicted molar refractivity (Wildman–Crippen MR) is 53.0 cm³/mol. The van der Waals surface area contributed by atoms with E-state index in [1.165, 1.54) is 0 Å². The van der Waals surface area contributed by atoms with Gasteiger partial charge in [-0.25, -0.2) is 0 Å². The summed E-state index contributed by atoms with van der Waals surface area (Å²) in [6.07, 6.45) is 2.34. The van der Waals surface area contributed by atoms with Crippen LogP contribution in [0.2, 0.25) is 0 Å². The molecule has 0 bridgehead atoms. The molecule has 1 aliphatic heterocycles. The molecule has 1 aliphatic rings. The Morgan fingerprint density at radius 3 is 2.53 bits per heavy atom. The maximum absolute atomic E-state index is 9.04. The molecule has 1 aromatic rings.